The van der Waals surface area contributed by atoms with Gasteiger partial charge in [-0.2, -0.15) is 0 Å². The lowest BCUT2D eigenvalue weighted by molar-refractivity contribution is -0.118. The first kappa shape index (κ1) is 19.2. The Morgan fingerprint density at radius 2 is 1.68 bits per heavy atom. The minimum atomic E-state index is -0.266. The summed E-state index contributed by atoms with van der Waals surface area (Å²) >= 11 is 0. The Bertz CT molecular complexity index is 927. The van der Waals surface area contributed by atoms with Crippen molar-refractivity contribution in [2.24, 2.45) is 0 Å². The highest BCUT2D eigenvalue weighted by atomic mass is 16.5. The van der Waals surface area contributed by atoms with Gasteiger partial charge in [0.15, 0.2) is 6.61 Å². The van der Waals surface area contributed by atoms with E-state index in [0.29, 0.717) is 23.6 Å². The van der Waals surface area contributed by atoms with E-state index in [1.165, 1.54) is 0 Å². The normalized spacial score (nSPS) is 10.4. The van der Waals surface area contributed by atoms with Crippen molar-refractivity contribution < 1.29 is 18.7 Å². The molecule has 0 bridgehead atoms. The van der Waals surface area contributed by atoms with Crippen LogP contribution in [0, 0.1) is 13.8 Å². The summed E-state index contributed by atoms with van der Waals surface area (Å²) in [4.78, 5) is 24.3. The van der Waals surface area contributed by atoms with Crippen molar-refractivity contribution in [3.05, 3.63) is 83.3 Å². The molecule has 2 N–H and O–H groups in total. The first-order valence-electron chi connectivity index (χ1n) is 8.92. The standard InChI is InChI=1S/C22H22N2O4/c1-15-5-3-6-16(2)21(15)28-14-20(25)24-18-10-8-17(9-11-18)22(26)23-13-19-7-4-12-27-19/h3-12H,13-14H2,1-2H3,(H,23,26)(H,24,25). The van der Waals surface area contributed by atoms with Gasteiger partial charge in [-0.1, -0.05) is 18.2 Å². The molecule has 0 atom stereocenters. The first-order chi connectivity index (χ1) is 13.5. The van der Waals surface area contributed by atoms with E-state index in [4.69, 9.17) is 9.15 Å². The summed E-state index contributed by atoms with van der Waals surface area (Å²) in [7, 11) is 0. The summed E-state index contributed by atoms with van der Waals surface area (Å²) in [5.41, 5.74) is 3.06. The molecule has 6 nitrogen and oxygen atoms in total. The predicted molar refractivity (Wildman–Crippen MR) is 106 cm³/mol. The molecule has 0 aliphatic heterocycles. The Morgan fingerprint density at radius 3 is 2.32 bits per heavy atom. The Balaban J connectivity index is 1.50. The van der Waals surface area contributed by atoms with Crippen LogP contribution >= 0.6 is 0 Å². The predicted octanol–water partition coefficient (Wildman–Crippen LogP) is 3.84. The van der Waals surface area contributed by atoms with E-state index >= 15 is 0 Å². The zero-order valence-corrected chi connectivity index (χ0v) is 15.8. The van der Waals surface area contributed by atoms with Gasteiger partial charge in [-0.15, -0.1) is 0 Å². The monoisotopic (exact) mass is 378 g/mol. The van der Waals surface area contributed by atoms with Crippen molar-refractivity contribution in [2.75, 3.05) is 11.9 Å². The van der Waals surface area contributed by atoms with Crippen LogP contribution < -0.4 is 15.4 Å². The van der Waals surface area contributed by atoms with Crippen molar-refractivity contribution in [3.63, 3.8) is 0 Å². The molecule has 6 heteroatoms. The van der Waals surface area contributed by atoms with Crippen LogP contribution in [0.1, 0.15) is 27.2 Å². The van der Waals surface area contributed by atoms with Gasteiger partial charge in [-0.3, -0.25) is 9.59 Å². The van der Waals surface area contributed by atoms with Crippen LogP contribution in [0.3, 0.4) is 0 Å². The number of carbonyl (C=O) groups is 2. The molecule has 28 heavy (non-hydrogen) atoms. The van der Waals surface area contributed by atoms with Crippen molar-refractivity contribution in [1.29, 1.82) is 0 Å². The topological polar surface area (TPSA) is 80.6 Å². The minimum Gasteiger partial charge on any atom is -0.483 e. The quantitative estimate of drug-likeness (QED) is 0.654. The smallest absolute Gasteiger partial charge is 0.262 e. The summed E-state index contributed by atoms with van der Waals surface area (Å²) in [6, 6.07) is 16.1. The summed E-state index contributed by atoms with van der Waals surface area (Å²) in [5.74, 6) is 0.924. The van der Waals surface area contributed by atoms with Crippen LogP contribution in [-0.4, -0.2) is 18.4 Å². The average Bonchev–Trinajstić information content (AvgIpc) is 3.20. The highest BCUT2D eigenvalue weighted by molar-refractivity contribution is 5.96. The molecule has 3 aromatic rings. The second kappa shape index (κ2) is 8.90. The van der Waals surface area contributed by atoms with Gasteiger partial charge in [0.25, 0.3) is 11.8 Å². The largest absolute Gasteiger partial charge is 0.483 e. The fraction of sp³-hybridized carbons (Fsp3) is 0.182. The molecular formula is C22H22N2O4. The summed E-state index contributed by atoms with van der Waals surface area (Å²) < 4.78 is 10.8. The number of benzene rings is 2. The number of aryl methyl sites for hydroxylation is 2. The molecule has 2 aromatic carbocycles. The summed E-state index contributed by atoms with van der Waals surface area (Å²) in [6.45, 7) is 4.11. The highest BCUT2D eigenvalue weighted by Crippen LogP contribution is 2.22. The van der Waals surface area contributed by atoms with Gasteiger partial charge in [0.05, 0.1) is 12.8 Å². The molecule has 3 rings (SSSR count). The average molecular weight is 378 g/mol. The molecule has 0 saturated heterocycles. The van der Waals surface area contributed by atoms with E-state index in [-0.39, 0.29) is 18.4 Å². The Kier molecular flexibility index (Phi) is 6.11. The van der Waals surface area contributed by atoms with Crippen LogP contribution in [0.2, 0.25) is 0 Å². The molecule has 2 amide bonds. The lowest BCUT2D eigenvalue weighted by atomic mass is 10.1. The van der Waals surface area contributed by atoms with Gasteiger partial charge in [0.2, 0.25) is 0 Å². The number of amides is 2. The lowest BCUT2D eigenvalue weighted by Gasteiger charge is -2.12. The number of nitrogens with one attached hydrogen (secondary N) is 2. The van der Waals surface area contributed by atoms with Gasteiger partial charge in [-0.05, 0) is 61.4 Å². The van der Waals surface area contributed by atoms with Crippen molar-refractivity contribution in [2.45, 2.75) is 20.4 Å². The van der Waals surface area contributed by atoms with Crippen LogP contribution in [0.25, 0.3) is 0 Å². The number of furan rings is 1. The lowest BCUT2D eigenvalue weighted by Crippen LogP contribution is -2.23. The maximum absolute atomic E-state index is 12.1. The third kappa shape index (κ3) is 5.01. The number of ether oxygens (including phenoxy) is 1. The van der Waals surface area contributed by atoms with Gasteiger partial charge in [0.1, 0.15) is 11.5 Å². The maximum atomic E-state index is 12.1. The van der Waals surface area contributed by atoms with E-state index < -0.39 is 0 Å². The molecule has 144 valence electrons. The zero-order chi connectivity index (χ0) is 19.9. The Labute approximate surface area is 163 Å². The molecule has 1 heterocycles. The van der Waals surface area contributed by atoms with E-state index in [9.17, 15) is 9.59 Å². The number of rotatable bonds is 7. The molecule has 0 fully saturated rings. The number of hydrogen-bond donors (Lipinski definition) is 2. The molecule has 1 aromatic heterocycles. The Hall–Kier alpha value is -3.54. The second-order valence-electron chi connectivity index (χ2n) is 6.40. The van der Waals surface area contributed by atoms with Crippen molar-refractivity contribution in [1.82, 2.24) is 5.32 Å². The molecule has 0 saturated carbocycles. The third-order valence-corrected chi connectivity index (χ3v) is 4.19. The fourth-order valence-corrected chi connectivity index (χ4v) is 2.75. The molecule has 0 radical (unpaired) electrons. The van der Waals surface area contributed by atoms with Crippen LogP contribution in [-0.2, 0) is 11.3 Å². The molecular weight excluding hydrogens is 356 g/mol. The molecule has 0 unspecified atom stereocenters. The number of anilines is 1. The van der Waals surface area contributed by atoms with Crippen molar-refractivity contribution >= 4 is 17.5 Å². The van der Waals surface area contributed by atoms with Gasteiger partial charge < -0.3 is 19.8 Å². The summed E-state index contributed by atoms with van der Waals surface area (Å²) in [5, 5.41) is 5.53. The first-order valence-corrected chi connectivity index (χ1v) is 8.92. The molecule has 0 aliphatic rings. The maximum Gasteiger partial charge on any atom is 0.262 e. The van der Waals surface area contributed by atoms with Gasteiger partial charge >= 0.3 is 0 Å². The summed E-state index contributed by atoms with van der Waals surface area (Å²) in [6.07, 6.45) is 1.56. The second-order valence-corrected chi connectivity index (χ2v) is 6.40. The SMILES string of the molecule is Cc1cccc(C)c1OCC(=O)Nc1ccc(C(=O)NCc2ccco2)cc1. The highest BCUT2D eigenvalue weighted by Gasteiger charge is 2.09. The zero-order valence-electron chi connectivity index (χ0n) is 15.8. The van der Waals surface area contributed by atoms with E-state index in [1.807, 2.05) is 32.0 Å². The van der Waals surface area contributed by atoms with Gasteiger partial charge in [-0.25, -0.2) is 0 Å². The van der Waals surface area contributed by atoms with Crippen LogP contribution in [0.5, 0.6) is 5.75 Å². The number of carbonyl (C=O) groups excluding carboxylic acids is 2. The molecule has 0 aliphatic carbocycles. The van der Waals surface area contributed by atoms with E-state index in [2.05, 4.69) is 10.6 Å². The third-order valence-electron chi connectivity index (χ3n) is 4.19. The van der Waals surface area contributed by atoms with Crippen molar-refractivity contribution in [3.8, 4) is 5.75 Å². The van der Waals surface area contributed by atoms with Gasteiger partial charge in [0, 0.05) is 11.3 Å². The number of para-hydroxylation sites is 1. The minimum absolute atomic E-state index is 0.0862. The van der Waals surface area contributed by atoms with Crippen LogP contribution in [0.15, 0.2) is 65.3 Å². The molecule has 0 spiro atoms. The van der Waals surface area contributed by atoms with E-state index in [0.717, 1.165) is 16.9 Å². The van der Waals surface area contributed by atoms with Crippen LogP contribution in [0.4, 0.5) is 5.69 Å². The van der Waals surface area contributed by atoms with E-state index in [1.54, 1.807) is 42.7 Å². The fourth-order valence-electron chi connectivity index (χ4n) is 2.75. The Morgan fingerprint density at radius 1 is 0.964 bits per heavy atom. The number of hydrogen-bond acceptors (Lipinski definition) is 4.